The molecule has 0 spiro atoms. The third-order valence-electron chi connectivity index (χ3n) is 3.18. The number of hydrogen-bond acceptors (Lipinski definition) is 2. The van der Waals surface area contributed by atoms with Crippen LogP contribution in [0, 0.1) is 5.92 Å². The molecule has 1 aliphatic rings. The van der Waals surface area contributed by atoms with Crippen molar-refractivity contribution in [2.24, 2.45) is 5.92 Å². The van der Waals surface area contributed by atoms with Crippen LogP contribution in [0.5, 0.6) is 0 Å². The third-order valence-corrected chi connectivity index (χ3v) is 3.18. The van der Waals surface area contributed by atoms with Crippen molar-refractivity contribution in [3.05, 3.63) is 12.2 Å². The molecule has 0 aromatic rings. The Hall–Kier alpha value is -0.340. The Labute approximate surface area is 94.1 Å². The van der Waals surface area contributed by atoms with Crippen LogP contribution in [0.4, 0.5) is 0 Å². The summed E-state index contributed by atoms with van der Waals surface area (Å²) in [4.78, 5) is 0. The lowest BCUT2D eigenvalue weighted by atomic mass is 9.89. The maximum Gasteiger partial charge on any atom is 0.0590 e. The molecule has 1 N–H and O–H groups in total. The summed E-state index contributed by atoms with van der Waals surface area (Å²) >= 11 is 0. The van der Waals surface area contributed by atoms with Crippen molar-refractivity contribution in [2.75, 3.05) is 13.2 Å². The summed E-state index contributed by atoms with van der Waals surface area (Å²) in [5, 5.41) is 3.63. The molecule has 0 aliphatic carbocycles. The molecule has 1 rings (SSSR count). The van der Waals surface area contributed by atoms with Crippen molar-refractivity contribution in [3.8, 4) is 0 Å². The normalized spacial score (nSPS) is 27.9. The van der Waals surface area contributed by atoms with Gasteiger partial charge in [0.15, 0.2) is 0 Å². The van der Waals surface area contributed by atoms with Crippen LogP contribution in [0.3, 0.4) is 0 Å². The van der Waals surface area contributed by atoms with Gasteiger partial charge in [-0.15, -0.1) is 6.58 Å². The van der Waals surface area contributed by atoms with E-state index in [4.69, 9.17) is 4.74 Å². The molecule has 0 bridgehead atoms. The molecule has 1 heterocycles. The van der Waals surface area contributed by atoms with Gasteiger partial charge in [-0.25, -0.2) is 0 Å². The third kappa shape index (κ3) is 3.96. The molecule has 0 aromatic heterocycles. The molecule has 1 aliphatic heterocycles. The molecular formula is C13H25NO. The number of rotatable bonds is 6. The Bertz CT molecular complexity index is 203. The second-order valence-corrected chi connectivity index (χ2v) is 4.75. The summed E-state index contributed by atoms with van der Waals surface area (Å²) in [5.41, 5.74) is 1.27. The van der Waals surface area contributed by atoms with E-state index in [9.17, 15) is 0 Å². The zero-order valence-corrected chi connectivity index (χ0v) is 10.4. The van der Waals surface area contributed by atoms with E-state index in [0.29, 0.717) is 18.1 Å². The van der Waals surface area contributed by atoms with E-state index in [-0.39, 0.29) is 0 Å². The molecule has 15 heavy (non-hydrogen) atoms. The van der Waals surface area contributed by atoms with E-state index in [1.54, 1.807) is 0 Å². The molecule has 0 radical (unpaired) electrons. The van der Waals surface area contributed by atoms with Crippen LogP contribution < -0.4 is 5.32 Å². The molecule has 2 nitrogen and oxygen atoms in total. The van der Waals surface area contributed by atoms with E-state index < -0.39 is 0 Å². The van der Waals surface area contributed by atoms with Gasteiger partial charge in [0.1, 0.15) is 0 Å². The molecule has 1 fully saturated rings. The van der Waals surface area contributed by atoms with E-state index in [1.807, 2.05) is 0 Å². The largest absolute Gasteiger partial charge is 0.378 e. The van der Waals surface area contributed by atoms with Gasteiger partial charge in [-0.2, -0.15) is 0 Å². The predicted octanol–water partition coefficient (Wildman–Crippen LogP) is 2.75. The number of ether oxygens (including phenoxy) is 1. The van der Waals surface area contributed by atoms with Crippen LogP contribution >= 0.6 is 0 Å². The highest BCUT2D eigenvalue weighted by Gasteiger charge is 2.31. The first-order chi connectivity index (χ1) is 7.15. The quantitative estimate of drug-likeness (QED) is 0.682. The Morgan fingerprint density at radius 1 is 1.60 bits per heavy atom. The van der Waals surface area contributed by atoms with Gasteiger partial charge in [0, 0.05) is 18.6 Å². The fraction of sp³-hybridized carbons (Fsp3) is 0.846. The Morgan fingerprint density at radius 2 is 2.33 bits per heavy atom. The topological polar surface area (TPSA) is 21.3 Å². The Kier molecular flexibility index (Phi) is 5.34. The second kappa shape index (κ2) is 6.29. The molecular weight excluding hydrogens is 186 g/mol. The summed E-state index contributed by atoms with van der Waals surface area (Å²) < 4.78 is 5.64. The highest BCUT2D eigenvalue weighted by atomic mass is 16.5. The van der Waals surface area contributed by atoms with Crippen LogP contribution in [0.2, 0.25) is 0 Å². The first-order valence-corrected chi connectivity index (χ1v) is 6.14. The average Bonchev–Trinajstić information content (AvgIpc) is 2.58. The van der Waals surface area contributed by atoms with Gasteiger partial charge >= 0.3 is 0 Å². The Morgan fingerprint density at radius 3 is 2.80 bits per heavy atom. The first-order valence-electron chi connectivity index (χ1n) is 6.14. The number of nitrogens with one attached hydrogen (secondary N) is 1. The lowest BCUT2D eigenvalue weighted by Gasteiger charge is -2.27. The van der Waals surface area contributed by atoms with Crippen LogP contribution in [0.1, 0.15) is 40.0 Å². The van der Waals surface area contributed by atoms with Crippen molar-refractivity contribution < 1.29 is 4.74 Å². The van der Waals surface area contributed by atoms with Crippen molar-refractivity contribution >= 4 is 0 Å². The predicted molar refractivity (Wildman–Crippen MR) is 65.0 cm³/mol. The molecule has 0 amide bonds. The van der Waals surface area contributed by atoms with Gasteiger partial charge in [-0.1, -0.05) is 12.5 Å². The van der Waals surface area contributed by atoms with Crippen LogP contribution in [0.25, 0.3) is 0 Å². The zero-order valence-electron chi connectivity index (χ0n) is 10.4. The average molecular weight is 211 g/mol. The fourth-order valence-corrected chi connectivity index (χ4v) is 2.36. The standard InChI is InChI=1S/C13H25NO/c1-5-7-14-13(9-10(2)3)12-6-8-15-11(12)4/h11-14H,2,5-9H2,1,3-4H3. The van der Waals surface area contributed by atoms with E-state index >= 15 is 0 Å². The lowest BCUT2D eigenvalue weighted by Crippen LogP contribution is -2.39. The first kappa shape index (κ1) is 12.7. The highest BCUT2D eigenvalue weighted by molar-refractivity contribution is 4.97. The van der Waals surface area contributed by atoms with Gasteiger partial charge in [0.25, 0.3) is 0 Å². The maximum absolute atomic E-state index is 5.64. The second-order valence-electron chi connectivity index (χ2n) is 4.75. The number of hydrogen-bond donors (Lipinski definition) is 1. The smallest absolute Gasteiger partial charge is 0.0590 e. The lowest BCUT2D eigenvalue weighted by molar-refractivity contribution is 0.0954. The SMILES string of the molecule is C=C(C)CC(NCCC)C1CCOC1C. The minimum Gasteiger partial charge on any atom is -0.378 e. The summed E-state index contributed by atoms with van der Waals surface area (Å²) in [6, 6.07) is 0.556. The zero-order chi connectivity index (χ0) is 11.3. The molecule has 1 saturated heterocycles. The molecule has 0 saturated carbocycles. The van der Waals surface area contributed by atoms with E-state index in [0.717, 1.165) is 19.6 Å². The van der Waals surface area contributed by atoms with Crippen molar-refractivity contribution in [3.63, 3.8) is 0 Å². The maximum atomic E-state index is 5.64. The van der Waals surface area contributed by atoms with E-state index in [2.05, 4.69) is 32.7 Å². The molecule has 2 heteroatoms. The van der Waals surface area contributed by atoms with Gasteiger partial charge in [-0.3, -0.25) is 0 Å². The minimum atomic E-state index is 0.402. The van der Waals surface area contributed by atoms with Crippen molar-refractivity contribution in [2.45, 2.75) is 52.2 Å². The van der Waals surface area contributed by atoms with Crippen LogP contribution in [-0.2, 0) is 4.74 Å². The minimum absolute atomic E-state index is 0.402. The fourth-order valence-electron chi connectivity index (χ4n) is 2.36. The summed E-state index contributed by atoms with van der Waals surface area (Å²) in [6.45, 7) is 12.6. The summed E-state index contributed by atoms with van der Waals surface area (Å²) in [6.07, 6.45) is 3.86. The molecule has 0 aromatic carbocycles. The Balaban J connectivity index is 2.49. The van der Waals surface area contributed by atoms with Gasteiger partial charge in [-0.05, 0) is 39.7 Å². The highest BCUT2D eigenvalue weighted by Crippen LogP contribution is 2.26. The van der Waals surface area contributed by atoms with Crippen LogP contribution in [0.15, 0.2) is 12.2 Å². The summed E-state index contributed by atoms with van der Waals surface area (Å²) in [5.74, 6) is 0.660. The summed E-state index contributed by atoms with van der Waals surface area (Å²) in [7, 11) is 0. The van der Waals surface area contributed by atoms with Crippen molar-refractivity contribution in [1.29, 1.82) is 0 Å². The van der Waals surface area contributed by atoms with E-state index in [1.165, 1.54) is 18.4 Å². The molecule has 3 atom stereocenters. The van der Waals surface area contributed by atoms with Crippen LogP contribution in [-0.4, -0.2) is 25.3 Å². The molecule has 3 unspecified atom stereocenters. The van der Waals surface area contributed by atoms with Gasteiger partial charge in [0.05, 0.1) is 6.10 Å². The molecule has 88 valence electrons. The van der Waals surface area contributed by atoms with Gasteiger partial charge < -0.3 is 10.1 Å². The van der Waals surface area contributed by atoms with Crippen molar-refractivity contribution in [1.82, 2.24) is 5.32 Å². The van der Waals surface area contributed by atoms with Gasteiger partial charge in [0.2, 0.25) is 0 Å². The monoisotopic (exact) mass is 211 g/mol.